The lowest BCUT2D eigenvalue weighted by Gasteiger charge is -2.39. The fourth-order valence-corrected chi connectivity index (χ4v) is 6.02. The molecular weight excluding hydrogens is 318 g/mol. The molecule has 2 aliphatic heterocycles. The zero-order valence-electron chi connectivity index (χ0n) is 13.1. The van der Waals surface area contributed by atoms with Crippen LogP contribution in [0.1, 0.15) is 26.2 Å². The van der Waals surface area contributed by atoms with E-state index >= 15 is 0 Å². The van der Waals surface area contributed by atoms with Gasteiger partial charge < -0.3 is 5.32 Å². The Kier molecular flexibility index (Phi) is 5.19. The highest BCUT2D eigenvalue weighted by Crippen LogP contribution is 2.23. The van der Waals surface area contributed by atoms with E-state index in [4.69, 9.17) is 0 Å². The zero-order valence-corrected chi connectivity index (χ0v) is 14.7. The van der Waals surface area contributed by atoms with Gasteiger partial charge in [0.25, 0.3) is 10.0 Å². The zero-order chi connectivity index (χ0) is 15.6. The normalized spacial score (nSPS) is 28.8. The molecular formula is C15H25N3O2S2. The second kappa shape index (κ2) is 6.97. The van der Waals surface area contributed by atoms with Crippen molar-refractivity contribution in [3.05, 3.63) is 17.5 Å². The molecule has 1 aromatic heterocycles. The molecule has 3 rings (SSSR count). The average Bonchev–Trinajstić information content (AvgIpc) is 3.05. The van der Waals surface area contributed by atoms with Crippen molar-refractivity contribution in [3.8, 4) is 0 Å². The topological polar surface area (TPSA) is 52.7 Å². The van der Waals surface area contributed by atoms with E-state index < -0.39 is 10.0 Å². The molecule has 3 heterocycles. The summed E-state index contributed by atoms with van der Waals surface area (Å²) in [6.07, 6.45) is 3.83. The first-order chi connectivity index (χ1) is 10.6. The lowest BCUT2D eigenvalue weighted by Crippen LogP contribution is -2.57. The molecule has 0 saturated carbocycles. The second-order valence-electron chi connectivity index (χ2n) is 6.29. The van der Waals surface area contributed by atoms with Crippen LogP contribution in [0.2, 0.25) is 0 Å². The van der Waals surface area contributed by atoms with E-state index in [-0.39, 0.29) is 6.04 Å². The monoisotopic (exact) mass is 343 g/mol. The number of hydrogen-bond acceptors (Lipinski definition) is 5. The Morgan fingerprint density at radius 1 is 1.36 bits per heavy atom. The van der Waals surface area contributed by atoms with Crippen molar-refractivity contribution >= 4 is 21.4 Å². The van der Waals surface area contributed by atoms with Gasteiger partial charge in [0.15, 0.2) is 0 Å². The fraction of sp³-hybridized carbons (Fsp3) is 0.733. The molecule has 124 valence electrons. The summed E-state index contributed by atoms with van der Waals surface area (Å²) in [4.78, 5) is 2.50. The Balaban J connectivity index is 1.64. The molecule has 0 radical (unpaired) electrons. The van der Waals surface area contributed by atoms with Crippen molar-refractivity contribution in [2.24, 2.45) is 0 Å². The van der Waals surface area contributed by atoms with Gasteiger partial charge in [0.1, 0.15) is 4.21 Å². The van der Waals surface area contributed by atoms with Crippen molar-refractivity contribution in [3.63, 3.8) is 0 Å². The van der Waals surface area contributed by atoms with Crippen LogP contribution >= 0.6 is 11.3 Å². The van der Waals surface area contributed by atoms with Gasteiger partial charge in [-0.3, -0.25) is 4.90 Å². The minimum absolute atomic E-state index is 0.226. The Morgan fingerprint density at radius 2 is 2.23 bits per heavy atom. The summed E-state index contributed by atoms with van der Waals surface area (Å²) in [5.74, 6) is 0. The van der Waals surface area contributed by atoms with Crippen LogP contribution in [-0.4, -0.2) is 62.4 Å². The van der Waals surface area contributed by atoms with Crippen molar-refractivity contribution < 1.29 is 8.42 Å². The summed E-state index contributed by atoms with van der Waals surface area (Å²) < 4.78 is 27.4. The first-order valence-electron chi connectivity index (χ1n) is 8.08. The molecule has 22 heavy (non-hydrogen) atoms. The molecule has 0 unspecified atom stereocenters. The van der Waals surface area contributed by atoms with Gasteiger partial charge in [0.05, 0.1) is 0 Å². The summed E-state index contributed by atoms with van der Waals surface area (Å²) >= 11 is 1.30. The molecule has 2 aliphatic rings. The number of sulfonamides is 1. The summed E-state index contributed by atoms with van der Waals surface area (Å²) in [7, 11) is -3.31. The third-order valence-corrected chi connectivity index (χ3v) is 7.94. The molecule has 2 atom stereocenters. The molecule has 0 aromatic carbocycles. The van der Waals surface area contributed by atoms with Gasteiger partial charge in [-0.2, -0.15) is 4.31 Å². The summed E-state index contributed by atoms with van der Waals surface area (Å²) in [6.45, 7) is 6.23. The highest BCUT2D eigenvalue weighted by Gasteiger charge is 2.32. The Morgan fingerprint density at radius 3 is 2.95 bits per heavy atom. The molecule has 5 nitrogen and oxygen atoms in total. The number of piperidine rings is 1. The fourth-order valence-electron chi connectivity index (χ4n) is 3.39. The Bertz CT molecular complexity index is 574. The van der Waals surface area contributed by atoms with Crippen LogP contribution in [0.15, 0.2) is 21.7 Å². The minimum atomic E-state index is -3.31. The van der Waals surface area contributed by atoms with Gasteiger partial charge in [-0.1, -0.05) is 12.5 Å². The molecule has 2 fully saturated rings. The van der Waals surface area contributed by atoms with Gasteiger partial charge in [-0.25, -0.2) is 8.42 Å². The van der Waals surface area contributed by atoms with Crippen molar-refractivity contribution in [1.29, 1.82) is 0 Å². The van der Waals surface area contributed by atoms with Crippen LogP contribution in [0.5, 0.6) is 0 Å². The Hall–Kier alpha value is -0.470. The number of piperazine rings is 1. The van der Waals surface area contributed by atoms with E-state index in [9.17, 15) is 8.42 Å². The highest BCUT2D eigenvalue weighted by atomic mass is 32.2. The van der Waals surface area contributed by atoms with E-state index in [0.29, 0.717) is 23.3 Å². The molecule has 0 aliphatic carbocycles. The van der Waals surface area contributed by atoms with E-state index in [0.717, 1.165) is 19.6 Å². The predicted molar refractivity (Wildman–Crippen MR) is 89.8 cm³/mol. The first-order valence-corrected chi connectivity index (χ1v) is 10.4. The van der Waals surface area contributed by atoms with Crippen LogP contribution in [0, 0.1) is 0 Å². The number of likely N-dealkylation sites (tertiary alicyclic amines) is 1. The van der Waals surface area contributed by atoms with Crippen molar-refractivity contribution in [2.75, 3.05) is 32.7 Å². The summed E-state index contributed by atoms with van der Waals surface area (Å²) in [5, 5.41) is 5.31. The van der Waals surface area contributed by atoms with Crippen LogP contribution < -0.4 is 5.32 Å². The van der Waals surface area contributed by atoms with E-state index in [1.54, 1.807) is 16.4 Å². The smallest absolute Gasteiger partial charge is 0.252 e. The number of nitrogens with zero attached hydrogens (tertiary/aromatic N) is 2. The molecule has 0 spiro atoms. The number of hydrogen-bond donors (Lipinski definition) is 1. The van der Waals surface area contributed by atoms with Crippen LogP contribution in [0.3, 0.4) is 0 Å². The average molecular weight is 344 g/mol. The third kappa shape index (κ3) is 3.54. The number of thiophene rings is 1. The number of nitrogens with one attached hydrogen (secondary N) is 1. The molecule has 0 amide bonds. The summed E-state index contributed by atoms with van der Waals surface area (Å²) in [6, 6.07) is 4.33. The maximum Gasteiger partial charge on any atom is 0.252 e. The lowest BCUT2D eigenvalue weighted by molar-refractivity contribution is 0.130. The summed E-state index contributed by atoms with van der Waals surface area (Å²) in [5.41, 5.74) is 0. The molecule has 2 saturated heterocycles. The minimum Gasteiger partial charge on any atom is -0.310 e. The van der Waals surface area contributed by atoms with E-state index in [1.165, 1.54) is 30.6 Å². The SMILES string of the molecule is C[C@H]1CCCCN1C[C@H]1CN(S(=O)(=O)c2cccs2)CCN1. The first kappa shape index (κ1) is 16.4. The van der Waals surface area contributed by atoms with E-state index in [1.807, 2.05) is 5.38 Å². The van der Waals surface area contributed by atoms with Crippen LogP contribution in [-0.2, 0) is 10.0 Å². The third-order valence-electron chi connectivity index (χ3n) is 4.70. The predicted octanol–water partition coefficient (Wildman–Crippen LogP) is 1.58. The quantitative estimate of drug-likeness (QED) is 0.902. The molecule has 0 bridgehead atoms. The van der Waals surface area contributed by atoms with E-state index in [2.05, 4.69) is 17.1 Å². The van der Waals surface area contributed by atoms with Gasteiger partial charge in [0, 0.05) is 38.3 Å². The van der Waals surface area contributed by atoms with Gasteiger partial charge in [-0.05, 0) is 37.8 Å². The number of rotatable bonds is 4. The van der Waals surface area contributed by atoms with Crippen LogP contribution in [0.4, 0.5) is 0 Å². The molecule has 7 heteroatoms. The van der Waals surface area contributed by atoms with Gasteiger partial charge in [0.2, 0.25) is 0 Å². The molecule has 1 aromatic rings. The van der Waals surface area contributed by atoms with Crippen molar-refractivity contribution in [1.82, 2.24) is 14.5 Å². The van der Waals surface area contributed by atoms with Crippen molar-refractivity contribution in [2.45, 2.75) is 42.5 Å². The highest BCUT2D eigenvalue weighted by molar-refractivity contribution is 7.91. The van der Waals surface area contributed by atoms with Gasteiger partial charge >= 0.3 is 0 Å². The molecule has 1 N–H and O–H groups in total. The standard InChI is InChI=1S/C15H25N3O2S2/c1-13-5-2-3-8-17(13)11-14-12-18(9-7-16-14)22(19,20)15-6-4-10-21-15/h4,6,10,13-14,16H,2-3,5,7-9,11-12H2,1H3/t13-,14-/m0/s1. The lowest BCUT2D eigenvalue weighted by atomic mass is 10.0. The Labute approximate surface area is 137 Å². The maximum absolute atomic E-state index is 12.6. The van der Waals surface area contributed by atoms with Crippen LogP contribution in [0.25, 0.3) is 0 Å². The maximum atomic E-state index is 12.6. The van der Waals surface area contributed by atoms with Gasteiger partial charge in [-0.15, -0.1) is 11.3 Å². The largest absolute Gasteiger partial charge is 0.310 e. The second-order valence-corrected chi connectivity index (χ2v) is 9.40.